The van der Waals surface area contributed by atoms with Crippen molar-refractivity contribution in [1.82, 2.24) is 9.88 Å². The highest BCUT2D eigenvalue weighted by Gasteiger charge is 2.14. The normalized spacial score (nSPS) is 12.4. The van der Waals surface area contributed by atoms with Crippen LogP contribution < -0.4 is 25.4 Å². The average molecular weight is 358 g/mol. The van der Waals surface area contributed by atoms with E-state index in [-0.39, 0.29) is 24.3 Å². The fraction of sp³-hybridized carbons (Fsp3) is 0.235. The van der Waals surface area contributed by atoms with E-state index in [4.69, 9.17) is 5.11 Å². The Kier molecular flexibility index (Phi) is 6.51. The lowest BCUT2D eigenvalue weighted by molar-refractivity contribution is -0.115. The van der Waals surface area contributed by atoms with Gasteiger partial charge in [0.1, 0.15) is 15.3 Å². The van der Waals surface area contributed by atoms with Crippen LogP contribution in [0.4, 0.5) is 5.69 Å². The van der Waals surface area contributed by atoms with Crippen LogP contribution in [0.3, 0.4) is 0 Å². The summed E-state index contributed by atoms with van der Waals surface area (Å²) in [6.45, 7) is 1.92. The first-order chi connectivity index (χ1) is 12.1. The first kappa shape index (κ1) is 18.4. The summed E-state index contributed by atoms with van der Waals surface area (Å²) in [6.07, 6.45) is 1.57. The zero-order valence-corrected chi connectivity index (χ0v) is 14.5. The zero-order valence-electron chi connectivity index (χ0n) is 13.7. The number of aliphatic hydroxyl groups is 1. The molecule has 0 bridgehead atoms. The molecule has 0 atom stereocenters. The van der Waals surface area contributed by atoms with E-state index in [1.165, 1.54) is 4.57 Å². The molecule has 1 aromatic carbocycles. The highest BCUT2D eigenvalue weighted by atomic mass is 32.1. The molecule has 0 aliphatic carbocycles. The molecule has 0 radical (unpaired) electrons. The largest absolute Gasteiger partial charge is 0.395 e. The molecule has 2 aromatic rings. The maximum atomic E-state index is 12.5. The molecule has 8 heteroatoms. The Morgan fingerprint density at radius 3 is 2.72 bits per heavy atom. The Labute approximate surface area is 148 Å². The van der Waals surface area contributed by atoms with Gasteiger partial charge in [0.15, 0.2) is 5.57 Å². The van der Waals surface area contributed by atoms with Crippen LogP contribution in [0.5, 0.6) is 0 Å². The van der Waals surface area contributed by atoms with Crippen LogP contribution in [0.25, 0.3) is 11.8 Å². The molecule has 0 unspecified atom stereocenters. The van der Waals surface area contributed by atoms with E-state index in [2.05, 4.69) is 10.6 Å². The van der Waals surface area contributed by atoms with Gasteiger partial charge in [0.25, 0.3) is 11.5 Å². The predicted octanol–water partition coefficient (Wildman–Crippen LogP) is -0.437. The number of nitrogens with zero attached hydrogens (tertiary/aromatic N) is 2. The standard InChI is InChI=1S/C17H18N4O3S/c1-2-21-16(24)14(11-20-12-6-4-3-5-7-12)25-17(21)13(10-18)15(23)19-8-9-22/h3-7,11,20,22H,2,8-9H2,1H3,(H,19,23)/b14-11+,17-13-. The number of nitrogens with one attached hydrogen (secondary N) is 2. The van der Waals surface area contributed by atoms with Crippen molar-refractivity contribution in [2.24, 2.45) is 0 Å². The third-order valence-corrected chi connectivity index (χ3v) is 4.45. The molecule has 0 spiro atoms. The van der Waals surface area contributed by atoms with Crippen molar-refractivity contribution in [3.8, 4) is 6.07 Å². The van der Waals surface area contributed by atoms with Crippen molar-refractivity contribution in [3.05, 3.63) is 49.9 Å². The van der Waals surface area contributed by atoms with E-state index in [0.29, 0.717) is 15.7 Å². The minimum atomic E-state index is -0.609. The summed E-state index contributed by atoms with van der Waals surface area (Å²) in [5, 5.41) is 23.6. The van der Waals surface area contributed by atoms with Crippen molar-refractivity contribution in [1.29, 1.82) is 5.26 Å². The third kappa shape index (κ3) is 4.35. The molecule has 2 rings (SSSR count). The number of hydrogen-bond donors (Lipinski definition) is 3. The van der Waals surface area contributed by atoms with Crippen LogP contribution in [0.15, 0.2) is 35.1 Å². The lowest BCUT2D eigenvalue weighted by Crippen LogP contribution is -2.35. The smallest absolute Gasteiger partial charge is 0.270 e. The van der Waals surface area contributed by atoms with E-state index in [1.807, 2.05) is 36.4 Å². The number of aromatic nitrogens is 1. The van der Waals surface area contributed by atoms with E-state index in [0.717, 1.165) is 17.0 Å². The first-order valence-electron chi connectivity index (χ1n) is 7.67. The van der Waals surface area contributed by atoms with Crippen molar-refractivity contribution < 1.29 is 9.90 Å². The van der Waals surface area contributed by atoms with Crippen molar-refractivity contribution in [2.45, 2.75) is 13.5 Å². The Bertz CT molecular complexity index is 955. The number of amides is 1. The van der Waals surface area contributed by atoms with Gasteiger partial charge in [0.05, 0.1) is 6.61 Å². The van der Waals surface area contributed by atoms with Crippen LogP contribution in [0, 0.1) is 11.3 Å². The molecule has 0 saturated carbocycles. The van der Waals surface area contributed by atoms with E-state index in [9.17, 15) is 14.9 Å². The van der Waals surface area contributed by atoms with Crippen LogP contribution >= 0.6 is 11.3 Å². The van der Waals surface area contributed by atoms with Gasteiger partial charge < -0.3 is 15.7 Å². The van der Waals surface area contributed by atoms with Gasteiger partial charge in [-0.2, -0.15) is 5.26 Å². The van der Waals surface area contributed by atoms with Crippen LogP contribution in [0.1, 0.15) is 6.92 Å². The average Bonchev–Trinajstić information content (AvgIpc) is 2.95. The summed E-state index contributed by atoms with van der Waals surface area (Å²) in [5.74, 6) is -0.609. The Hall–Kier alpha value is -2.89. The molecule has 7 nitrogen and oxygen atoms in total. The van der Waals surface area contributed by atoms with Gasteiger partial charge in [0, 0.05) is 25.0 Å². The number of hydrogen-bond acceptors (Lipinski definition) is 6. The number of benzene rings is 1. The van der Waals surface area contributed by atoms with Crippen LogP contribution in [0.2, 0.25) is 0 Å². The molecule has 1 heterocycles. The predicted molar refractivity (Wildman–Crippen MR) is 97.1 cm³/mol. The number of thiazole rings is 1. The lowest BCUT2D eigenvalue weighted by Gasteiger charge is -2.01. The second-order valence-electron chi connectivity index (χ2n) is 4.94. The second-order valence-corrected chi connectivity index (χ2v) is 5.97. The molecule has 0 saturated heterocycles. The summed E-state index contributed by atoms with van der Waals surface area (Å²) in [7, 11) is 0. The number of rotatable bonds is 6. The minimum absolute atomic E-state index is 0.0420. The summed E-state index contributed by atoms with van der Waals surface area (Å²) < 4.78 is 2.08. The fourth-order valence-corrected chi connectivity index (χ4v) is 3.22. The molecule has 0 aliphatic heterocycles. The number of anilines is 1. The van der Waals surface area contributed by atoms with Gasteiger partial charge in [-0.25, -0.2) is 0 Å². The molecular formula is C17H18N4O3S. The lowest BCUT2D eigenvalue weighted by atomic mass is 10.3. The number of nitriles is 1. The highest BCUT2D eigenvalue weighted by Crippen LogP contribution is 2.04. The van der Waals surface area contributed by atoms with Crippen molar-refractivity contribution in [3.63, 3.8) is 0 Å². The van der Waals surface area contributed by atoms with Crippen molar-refractivity contribution in [2.75, 3.05) is 18.5 Å². The Balaban J connectivity index is 2.53. The van der Waals surface area contributed by atoms with Gasteiger partial charge in [-0.15, -0.1) is 11.3 Å². The van der Waals surface area contributed by atoms with Crippen LogP contribution in [-0.2, 0) is 11.3 Å². The van der Waals surface area contributed by atoms with Crippen LogP contribution in [-0.4, -0.2) is 28.7 Å². The van der Waals surface area contributed by atoms with Gasteiger partial charge in [0.2, 0.25) is 0 Å². The molecular weight excluding hydrogens is 340 g/mol. The summed E-state index contributed by atoms with van der Waals surface area (Å²) in [4.78, 5) is 24.6. The molecule has 0 aliphatic rings. The molecule has 1 aromatic heterocycles. The zero-order chi connectivity index (χ0) is 18.2. The molecule has 1 amide bonds. The van der Waals surface area contributed by atoms with E-state index < -0.39 is 5.91 Å². The van der Waals surface area contributed by atoms with E-state index >= 15 is 0 Å². The number of para-hydroxylation sites is 1. The quantitative estimate of drug-likeness (QED) is 0.649. The van der Waals surface area contributed by atoms with Gasteiger partial charge >= 0.3 is 0 Å². The van der Waals surface area contributed by atoms with Gasteiger partial charge in [-0.3, -0.25) is 14.2 Å². The number of aliphatic hydroxyl groups excluding tert-OH is 1. The minimum Gasteiger partial charge on any atom is -0.395 e. The topological polar surface area (TPSA) is 107 Å². The Morgan fingerprint density at radius 2 is 2.12 bits per heavy atom. The summed E-state index contributed by atoms with van der Waals surface area (Å²) >= 11 is 1.07. The Morgan fingerprint density at radius 1 is 1.40 bits per heavy atom. The number of carbonyl (C=O) groups excluding carboxylic acids is 1. The fourth-order valence-electron chi connectivity index (χ4n) is 2.13. The molecule has 0 fully saturated rings. The van der Waals surface area contributed by atoms with E-state index in [1.54, 1.807) is 13.1 Å². The maximum Gasteiger partial charge on any atom is 0.270 e. The number of carbonyl (C=O) groups is 1. The maximum absolute atomic E-state index is 12.5. The second kappa shape index (κ2) is 8.82. The first-order valence-corrected chi connectivity index (χ1v) is 8.48. The SMILES string of the molecule is CCn1c(=O)/c(=C\Nc2ccccc2)s/c1=C(/C#N)C(=O)NCCO. The highest BCUT2D eigenvalue weighted by molar-refractivity contribution is 7.07. The third-order valence-electron chi connectivity index (χ3n) is 3.32. The van der Waals surface area contributed by atoms with Gasteiger partial charge in [-0.1, -0.05) is 18.2 Å². The molecule has 25 heavy (non-hydrogen) atoms. The summed E-state index contributed by atoms with van der Waals surface area (Å²) in [6, 6.07) is 11.2. The van der Waals surface area contributed by atoms with Gasteiger partial charge in [-0.05, 0) is 19.1 Å². The van der Waals surface area contributed by atoms with Crippen molar-refractivity contribution >= 4 is 34.7 Å². The molecule has 130 valence electrons. The molecule has 3 N–H and O–H groups in total. The summed E-state index contributed by atoms with van der Waals surface area (Å²) in [5.41, 5.74) is 0.412. The monoisotopic (exact) mass is 358 g/mol.